The Bertz CT molecular complexity index is 1480. The summed E-state index contributed by atoms with van der Waals surface area (Å²) in [6, 6.07) is 5.80. The molecule has 4 aromatic rings. The number of carbonyl (C=O) groups excluding carboxylic acids is 1. The van der Waals surface area contributed by atoms with Crippen LogP contribution in [0.2, 0.25) is 15.2 Å². The SMILES string of the molecule is O=C(Nc1c(Cl)cccc1Cl)c1cn(-c2c(F)cc(F)cc2F)c2nc(Cl)c(F)cc2c1=O. The molecule has 168 valence electrons. The van der Waals surface area contributed by atoms with Gasteiger partial charge in [-0.05, 0) is 18.2 Å². The molecule has 0 aliphatic heterocycles. The Morgan fingerprint density at radius 2 is 1.55 bits per heavy atom. The van der Waals surface area contributed by atoms with Crippen molar-refractivity contribution in [2.24, 2.45) is 0 Å². The first-order valence-corrected chi connectivity index (χ1v) is 10.0. The van der Waals surface area contributed by atoms with Gasteiger partial charge in [-0.25, -0.2) is 22.5 Å². The predicted octanol–water partition coefficient (Wildman–Crippen LogP) is 6.15. The number of anilines is 1. The average molecular weight is 517 g/mol. The van der Waals surface area contributed by atoms with E-state index < -0.39 is 62.0 Å². The van der Waals surface area contributed by atoms with Gasteiger partial charge in [-0.1, -0.05) is 40.9 Å². The highest BCUT2D eigenvalue weighted by Crippen LogP contribution is 2.30. The minimum Gasteiger partial charge on any atom is -0.319 e. The largest absolute Gasteiger partial charge is 0.319 e. The molecule has 1 N–H and O–H groups in total. The molecule has 2 aromatic heterocycles. The van der Waals surface area contributed by atoms with E-state index in [2.05, 4.69) is 10.3 Å². The van der Waals surface area contributed by atoms with Crippen LogP contribution in [0.3, 0.4) is 0 Å². The number of aromatic nitrogens is 2. The molecule has 4 rings (SSSR count). The maximum atomic E-state index is 14.5. The van der Waals surface area contributed by atoms with E-state index in [-0.39, 0.29) is 15.7 Å². The third-order valence-corrected chi connectivity index (χ3v) is 5.45. The first-order chi connectivity index (χ1) is 15.6. The fourth-order valence-electron chi connectivity index (χ4n) is 3.10. The van der Waals surface area contributed by atoms with Gasteiger partial charge in [0, 0.05) is 18.3 Å². The highest BCUT2D eigenvalue weighted by atomic mass is 35.5. The highest BCUT2D eigenvalue weighted by molar-refractivity contribution is 6.40. The summed E-state index contributed by atoms with van der Waals surface area (Å²) < 4.78 is 57.3. The molecule has 5 nitrogen and oxygen atoms in total. The van der Waals surface area contributed by atoms with Gasteiger partial charge in [0.1, 0.15) is 17.1 Å². The molecule has 0 saturated carbocycles. The molecule has 0 aliphatic carbocycles. The van der Waals surface area contributed by atoms with E-state index in [4.69, 9.17) is 34.8 Å². The van der Waals surface area contributed by atoms with Gasteiger partial charge in [0.05, 0.1) is 21.1 Å². The number of nitrogens with zero attached hydrogens (tertiary/aromatic N) is 2. The van der Waals surface area contributed by atoms with E-state index in [1.807, 2.05) is 0 Å². The Hall–Kier alpha value is -3.14. The number of halogens is 7. The van der Waals surface area contributed by atoms with Crippen molar-refractivity contribution in [3.05, 3.63) is 96.8 Å². The van der Waals surface area contributed by atoms with Crippen LogP contribution in [-0.4, -0.2) is 15.5 Å². The molecular formula is C21H8Cl3F4N3O2. The zero-order chi connectivity index (χ0) is 24.0. The van der Waals surface area contributed by atoms with Crippen molar-refractivity contribution in [3.63, 3.8) is 0 Å². The molecule has 2 aromatic carbocycles. The number of carbonyl (C=O) groups is 1. The minimum atomic E-state index is -1.37. The van der Waals surface area contributed by atoms with Crippen LogP contribution >= 0.6 is 34.8 Å². The third kappa shape index (κ3) is 4.15. The Labute approximate surface area is 197 Å². The first kappa shape index (κ1) is 23.0. The van der Waals surface area contributed by atoms with Crippen LogP contribution in [0.1, 0.15) is 10.4 Å². The second-order valence-electron chi connectivity index (χ2n) is 6.64. The molecule has 0 bridgehead atoms. The lowest BCUT2D eigenvalue weighted by molar-refractivity contribution is 0.102. The number of nitrogens with one attached hydrogen (secondary N) is 1. The van der Waals surface area contributed by atoms with Crippen LogP contribution in [-0.2, 0) is 0 Å². The Morgan fingerprint density at radius 1 is 0.939 bits per heavy atom. The van der Waals surface area contributed by atoms with E-state index in [1.54, 1.807) is 0 Å². The molecular weight excluding hydrogens is 509 g/mol. The molecule has 12 heteroatoms. The van der Waals surface area contributed by atoms with E-state index in [9.17, 15) is 27.2 Å². The lowest BCUT2D eigenvalue weighted by Crippen LogP contribution is -2.25. The topological polar surface area (TPSA) is 64.0 Å². The van der Waals surface area contributed by atoms with Crippen molar-refractivity contribution in [2.75, 3.05) is 5.32 Å². The monoisotopic (exact) mass is 515 g/mol. The number of benzene rings is 2. The summed E-state index contributed by atoms with van der Waals surface area (Å²) in [5, 5.41) is 1.22. The van der Waals surface area contributed by atoms with Gasteiger partial charge in [-0.15, -0.1) is 0 Å². The molecule has 33 heavy (non-hydrogen) atoms. The summed E-state index contributed by atoms with van der Waals surface area (Å²) in [6.45, 7) is 0. The van der Waals surface area contributed by atoms with Crippen molar-refractivity contribution < 1.29 is 22.4 Å². The summed E-state index contributed by atoms with van der Waals surface area (Å²) in [7, 11) is 0. The normalized spacial score (nSPS) is 11.1. The third-order valence-electron chi connectivity index (χ3n) is 4.56. The molecule has 0 spiro atoms. The number of para-hydroxylation sites is 1. The summed E-state index contributed by atoms with van der Waals surface area (Å²) in [4.78, 5) is 29.6. The molecule has 0 atom stereocenters. The van der Waals surface area contributed by atoms with Crippen LogP contribution < -0.4 is 10.7 Å². The van der Waals surface area contributed by atoms with Crippen LogP contribution in [0.5, 0.6) is 0 Å². The Kier molecular flexibility index (Phi) is 6.04. The zero-order valence-electron chi connectivity index (χ0n) is 15.9. The van der Waals surface area contributed by atoms with Gasteiger partial charge in [0.15, 0.2) is 28.3 Å². The number of pyridine rings is 2. The van der Waals surface area contributed by atoms with Gasteiger partial charge < -0.3 is 5.32 Å². The second-order valence-corrected chi connectivity index (χ2v) is 7.82. The summed E-state index contributed by atoms with van der Waals surface area (Å²) in [6.07, 6.45) is 0.769. The molecule has 1 amide bonds. The van der Waals surface area contributed by atoms with Crippen molar-refractivity contribution in [1.82, 2.24) is 9.55 Å². The van der Waals surface area contributed by atoms with E-state index >= 15 is 0 Å². The number of amides is 1. The van der Waals surface area contributed by atoms with Crippen molar-refractivity contribution in [1.29, 1.82) is 0 Å². The smallest absolute Gasteiger partial charge is 0.261 e. The zero-order valence-corrected chi connectivity index (χ0v) is 18.2. The molecule has 0 saturated heterocycles. The predicted molar refractivity (Wildman–Crippen MR) is 117 cm³/mol. The van der Waals surface area contributed by atoms with Gasteiger partial charge in [-0.3, -0.25) is 14.2 Å². The Morgan fingerprint density at radius 3 is 2.15 bits per heavy atom. The fourth-order valence-corrected chi connectivity index (χ4v) is 3.72. The van der Waals surface area contributed by atoms with Gasteiger partial charge in [-0.2, -0.15) is 0 Å². The fraction of sp³-hybridized carbons (Fsp3) is 0. The first-order valence-electron chi connectivity index (χ1n) is 8.90. The van der Waals surface area contributed by atoms with E-state index in [0.717, 1.165) is 6.20 Å². The quantitative estimate of drug-likeness (QED) is 0.262. The number of fused-ring (bicyclic) bond motifs is 1. The van der Waals surface area contributed by atoms with Crippen molar-refractivity contribution >= 4 is 57.4 Å². The molecule has 0 radical (unpaired) electrons. The van der Waals surface area contributed by atoms with Crippen LogP contribution in [0.4, 0.5) is 23.2 Å². The van der Waals surface area contributed by atoms with Crippen molar-refractivity contribution in [3.8, 4) is 5.69 Å². The number of hydrogen-bond acceptors (Lipinski definition) is 3. The number of rotatable bonds is 3. The van der Waals surface area contributed by atoms with Crippen LogP contribution in [0.25, 0.3) is 16.7 Å². The summed E-state index contributed by atoms with van der Waals surface area (Å²) in [5.74, 6) is -6.13. The van der Waals surface area contributed by atoms with Crippen LogP contribution in [0.15, 0.2) is 47.4 Å². The van der Waals surface area contributed by atoms with E-state index in [1.165, 1.54) is 18.2 Å². The van der Waals surface area contributed by atoms with Crippen molar-refractivity contribution in [2.45, 2.75) is 0 Å². The number of hydrogen-bond donors (Lipinski definition) is 1. The highest BCUT2D eigenvalue weighted by Gasteiger charge is 2.23. The molecule has 0 aliphatic rings. The maximum Gasteiger partial charge on any atom is 0.261 e. The summed E-state index contributed by atoms with van der Waals surface area (Å²) >= 11 is 17.7. The second kappa shape index (κ2) is 8.66. The standard InChI is InChI=1S/C21H8Cl3F4N3O2/c22-11-2-1-3-12(23)16(11)29-21(33)10-7-31(17-13(26)4-8(25)5-14(17)27)20-9(18(10)32)6-15(28)19(24)30-20/h1-7H,(H,29,33). The average Bonchev–Trinajstić information content (AvgIpc) is 2.73. The Balaban J connectivity index is 2.01. The molecule has 0 unspecified atom stereocenters. The van der Waals surface area contributed by atoms with Gasteiger partial charge >= 0.3 is 0 Å². The minimum absolute atomic E-state index is 0.0311. The van der Waals surface area contributed by atoms with Gasteiger partial charge in [0.2, 0.25) is 5.43 Å². The van der Waals surface area contributed by atoms with Gasteiger partial charge in [0.25, 0.3) is 5.91 Å². The maximum absolute atomic E-state index is 14.5. The molecule has 0 fully saturated rings. The van der Waals surface area contributed by atoms with E-state index in [0.29, 0.717) is 22.8 Å². The lowest BCUT2D eigenvalue weighted by atomic mass is 10.1. The molecule has 2 heterocycles. The lowest BCUT2D eigenvalue weighted by Gasteiger charge is -2.15. The van der Waals surface area contributed by atoms with Crippen LogP contribution in [0, 0.1) is 23.3 Å². The summed E-state index contributed by atoms with van der Waals surface area (Å²) in [5.41, 5.74) is -3.06.